The molecule has 1 aliphatic carbocycles. The topological polar surface area (TPSA) is 81.2 Å². The minimum Gasteiger partial charge on any atom is -0.368 e. The average Bonchev–Trinajstić information content (AvgIpc) is 2.18. The Kier molecular flexibility index (Phi) is 3.64. The van der Waals surface area contributed by atoms with Gasteiger partial charge in [0.05, 0.1) is 0 Å². The van der Waals surface area contributed by atoms with Crippen molar-refractivity contribution in [2.24, 2.45) is 5.73 Å². The Morgan fingerprint density at radius 3 is 2.86 bits per heavy atom. The number of rotatable bonds is 4. The molecular formula is C9H15N3O2. The van der Waals surface area contributed by atoms with E-state index in [9.17, 15) is 10.1 Å². The van der Waals surface area contributed by atoms with Gasteiger partial charge in [0.2, 0.25) is 6.04 Å². The summed E-state index contributed by atoms with van der Waals surface area (Å²) in [5.41, 5.74) is 6.60. The maximum atomic E-state index is 10.4. The molecule has 0 spiro atoms. The van der Waals surface area contributed by atoms with Gasteiger partial charge >= 0.3 is 0 Å². The summed E-state index contributed by atoms with van der Waals surface area (Å²) in [6.07, 6.45) is 7.08. The summed E-state index contributed by atoms with van der Waals surface area (Å²) >= 11 is 0. The summed E-state index contributed by atoms with van der Waals surface area (Å²) < 4.78 is 0. The van der Waals surface area contributed by atoms with E-state index in [-0.39, 0.29) is 4.92 Å². The highest BCUT2D eigenvalue weighted by Crippen LogP contribution is 2.08. The molecular weight excluding hydrogens is 182 g/mol. The van der Waals surface area contributed by atoms with E-state index < -0.39 is 12.2 Å². The fourth-order valence-electron chi connectivity index (χ4n) is 1.18. The van der Waals surface area contributed by atoms with Crippen molar-refractivity contribution in [2.45, 2.75) is 32.0 Å². The molecule has 0 amide bonds. The van der Waals surface area contributed by atoms with Crippen LogP contribution in [0.15, 0.2) is 23.9 Å². The highest BCUT2D eigenvalue weighted by Gasteiger charge is 2.22. The first-order valence-electron chi connectivity index (χ1n) is 4.61. The van der Waals surface area contributed by atoms with Crippen LogP contribution in [0.3, 0.4) is 0 Å². The first kappa shape index (κ1) is 10.7. The van der Waals surface area contributed by atoms with E-state index in [2.05, 4.69) is 5.32 Å². The van der Waals surface area contributed by atoms with Crippen molar-refractivity contribution in [3.8, 4) is 0 Å². The third kappa shape index (κ3) is 2.85. The first-order chi connectivity index (χ1) is 6.61. The maximum absolute atomic E-state index is 10.4. The predicted molar refractivity (Wildman–Crippen MR) is 54.0 cm³/mol. The van der Waals surface area contributed by atoms with Crippen LogP contribution in [0.5, 0.6) is 0 Å². The predicted octanol–water partition coefficient (Wildman–Crippen LogP) is 0.760. The van der Waals surface area contributed by atoms with Crippen molar-refractivity contribution in [1.29, 1.82) is 0 Å². The van der Waals surface area contributed by atoms with Crippen molar-refractivity contribution in [2.75, 3.05) is 0 Å². The molecule has 3 N–H and O–H groups in total. The number of nitrogens with two attached hydrogens (primary N) is 1. The quantitative estimate of drug-likeness (QED) is 0.302. The summed E-state index contributed by atoms with van der Waals surface area (Å²) in [7, 11) is 0. The fourth-order valence-corrected chi connectivity index (χ4v) is 1.18. The molecule has 0 heterocycles. The van der Waals surface area contributed by atoms with Crippen LogP contribution in [-0.2, 0) is 0 Å². The van der Waals surface area contributed by atoms with Gasteiger partial charge in [-0.25, -0.2) is 0 Å². The van der Waals surface area contributed by atoms with Crippen LogP contribution in [0.2, 0.25) is 0 Å². The van der Waals surface area contributed by atoms with E-state index in [1.165, 1.54) is 6.92 Å². The zero-order valence-corrected chi connectivity index (χ0v) is 8.14. The molecule has 0 saturated carbocycles. The Balaban J connectivity index is 2.43. The van der Waals surface area contributed by atoms with Crippen LogP contribution in [0.4, 0.5) is 0 Å². The van der Waals surface area contributed by atoms with Crippen LogP contribution in [0.1, 0.15) is 19.8 Å². The van der Waals surface area contributed by atoms with E-state index >= 15 is 0 Å². The third-order valence-electron chi connectivity index (χ3n) is 2.21. The molecule has 0 aromatic carbocycles. The molecule has 0 fully saturated rings. The van der Waals surface area contributed by atoms with E-state index in [0.29, 0.717) is 0 Å². The molecule has 0 bridgehead atoms. The van der Waals surface area contributed by atoms with Crippen LogP contribution >= 0.6 is 0 Å². The van der Waals surface area contributed by atoms with Gasteiger partial charge in [0, 0.05) is 24.0 Å². The lowest BCUT2D eigenvalue weighted by Gasteiger charge is -2.19. The Hall–Kier alpha value is -1.36. The lowest BCUT2D eigenvalue weighted by Crippen LogP contribution is -2.48. The number of nitrogens with zero attached hydrogens (tertiary/aromatic N) is 1. The second-order valence-electron chi connectivity index (χ2n) is 3.34. The molecule has 14 heavy (non-hydrogen) atoms. The molecule has 0 aliphatic heterocycles. The summed E-state index contributed by atoms with van der Waals surface area (Å²) in [6, 6.07) is -0.776. The normalized spacial score (nSPS) is 19.7. The van der Waals surface area contributed by atoms with E-state index in [1.807, 2.05) is 18.2 Å². The van der Waals surface area contributed by atoms with E-state index in [4.69, 9.17) is 5.73 Å². The molecule has 0 aromatic heterocycles. The average molecular weight is 197 g/mol. The monoisotopic (exact) mass is 197 g/mol. The summed E-state index contributed by atoms with van der Waals surface area (Å²) in [5.74, 6) is 0. The summed E-state index contributed by atoms with van der Waals surface area (Å²) in [4.78, 5) is 10.1. The van der Waals surface area contributed by atoms with Gasteiger partial charge < -0.3 is 11.1 Å². The smallest absolute Gasteiger partial charge is 0.243 e. The zero-order chi connectivity index (χ0) is 10.6. The van der Waals surface area contributed by atoms with Crippen LogP contribution in [0, 0.1) is 10.1 Å². The number of nitrogens with one attached hydrogen (secondary N) is 1. The fraction of sp³-hybridized carbons (Fsp3) is 0.556. The van der Waals surface area contributed by atoms with Crippen LogP contribution in [-0.4, -0.2) is 17.1 Å². The van der Waals surface area contributed by atoms with Gasteiger partial charge in [-0.3, -0.25) is 10.1 Å². The third-order valence-corrected chi connectivity index (χ3v) is 2.21. The number of nitro groups is 1. The Bertz CT molecular complexity index is 273. The standard InChI is InChI=1S/C9H15N3O2/c1-7(12(13)14)9(10)11-8-5-3-2-4-6-8/h2-3,6-7,9,11H,4-5,10H2,1H3. The summed E-state index contributed by atoms with van der Waals surface area (Å²) in [5, 5.41) is 13.4. The molecule has 1 aliphatic rings. The highest BCUT2D eigenvalue weighted by molar-refractivity contribution is 5.13. The Morgan fingerprint density at radius 1 is 1.64 bits per heavy atom. The minimum absolute atomic E-state index is 0.378. The molecule has 0 saturated heterocycles. The van der Waals surface area contributed by atoms with Gasteiger partial charge in [-0.15, -0.1) is 0 Å². The first-order valence-corrected chi connectivity index (χ1v) is 4.61. The van der Waals surface area contributed by atoms with Gasteiger partial charge in [-0.1, -0.05) is 18.2 Å². The van der Waals surface area contributed by atoms with E-state index in [0.717, 1.165) is 18.5 Å². The van der Waals surface area contributed by atoms with E-state index in [1.54, 1.807) is 0 Å². The van der Waals surface area contributed by atoms with Gasteiger partial charge in [0.25, 0.3) is 0 Å². The molecule has 1 rings (SSSR count). The maximum Gasteiger partial charge on any atom is 0.243 e. The Labute approximate surface area is 82.8 Å². The van der Waals surface area contributed by atoms with Crippen molar-refractivity contribution in [3.63, 3.8) is 0 Å². The number of hydrogen-bond acceptors (Lipinski definition) is 4. The molecule has 78 valence electrons. The zero-order valence-electron chi connectivity index (χ0n) is 8.14. The van der Waals surface area contributed by atoms with Gasteiger partial charge in [-0.2, -0.15) is 0 Å². The molecule has 5 nitrogen and oxygen atoms in total. The van der Waals surface area contributed by atoms with Crippen LogP contribution in [0.25, 0.3) is 0 Å². The number of allylic oxidation sites excluding steroid dienone is 3. The van der Waals surface area contributed by atoms with Crippen LogP contribution < -0.4 is 11.1 Å². The van der Waals surface area contributed by atoms with Gasteiger partial charge in [0.1, 0.15) is 6.17 Å². The largest absolute Gasteiger partial charge is 0.368 e. The molecule has 2 unspecified atom stereocenters. The van der Waals surface area contributed by atoms with Gasteiger partial charge in [0.15, 0.2) is 0 Å². The minimum atomic E-state index is -0.776. The van der Waals surface area contributed by atoms with Crippen molar-refractivity contribution >= 4 is 0 Å². The summed E-state index contributed by atoms with van der Waals surface area (Å²) in [6.45, 7) is 1.50. The lowest BCUT2D eigenvalue weighted by atomic mass is 10.1. The second kappa shape index (κ2) is 4.76. The molecule has 0 radical (unpaired) electrons. The SMILES string of the molecule is CC(C(N)NC1=CCC=CC1)[N+](=O)[O-]. The van der Waals surface area contributed by atoms with Gasteiger partial charge in [-0.05, 0) is 6.42 Å². The van der Waals surface area contributed by atoms with Crippen molar-refractivity contribution < 1.29 is 4.92 Å². The molecule has 5 heteroatoms. The second-order valence-corrected chi connectivity index (χ2v) is 3.34. The Morgan fingerprint density at radius 2 is 2.36 bits per heavy atom. The molecule has 0 aromatic rings. The number of hydrogen-bond donors (Lipinski definition) is 2. The lowest BCUT2D eigenvalue weighted by molar-refractivity contribution is -0.522. The highest BCUT2D eigenvalue weighted by atomic mass is 16.6. The van der Waals surface area contributed by atoms with Crippen molar-refractivity contribution in [3.05, 3.63) is 34.0 Å². The van der Waals surface area contributed by atoms with Crippen molar-refractivity contribution in [1.82, 2.24) is 5.32 Å². The molecule has 2 atom stereocenters.